The Hall–Kier alpha value is 0.01000. The molecule has 1 atom stereocenters. The lowest BCUT2D eigenvalue weighted by molar-refractivity contribution is 0.0115. The van der Waals surface area contributed by atoms with Crippen LogP contribution in [0, 0.1) is 0 Å². The van der Waals surface area contributed by atoms with Crippen molar-refractivity contribution < 1.29 is 4.74 Å². The summed E-state index contributed by atoms with van der Waals surface area (Å²) >= 11 is 18.2. The summed E-state index contributed by atoms with van der Waals surface area (Å²) in [5.74, 6) is 0. The molecule has 0 amide bonds. The molecule has 106 valence electrons. The lowest BCUT2D eigenvalue weighted by Gasteiger charge is -2.22. The van der Waals surface area contributed by atoms with E-state index in [1.54, 1.807) is 12.1 Å². The van der Waals surface area contributed by atoms with Gasteiger partial charge in [0.05, 0.1) is 16.1 Å². The molecule has 0 bridgehead atoms. The highest BCUT2D eigenvalue weighted by molar-refractivity contribution is 6.44. The fourth-order valence-corrected chi connectivity index (χ4v) is 2.92. The van der Waals surface area contributed by atoms with Crippen molar-refractivity contribution in [2.24, 2.45) is 0 Å². The standard InChI is InChI=1S/C14H18Cl3NO/c15-12-4-5-13(16)14(17)11(12)9-18-7-6-10-3-1-2-8-19-10/h4-5,10,18H,1-3,6-9H2. The number of rotatable bonds is 5. The summed E-state index contributed by atoms with van der Waals surface area (Å²) < 4.78 is 5.68. The van der Waals surface area contributed by atoms with Crippen LogP contribution in [0.1, 0.15) is 31.2 Å². The average Bonchev–Trinajstić information content (AvgIpc) is 2.43. The summed E-state index contributed by atoms with van der Waals surface area (Å²) in [6, 6.07) is 3.49. The van der Waals surface area contributed by atoms with E-state index in [1.165, 1.54) is 19.3 Å². The maximum Gasteiger partial charge on any atom is 0.0652 e. The maximum absolute atomic E-state index is 6.15. The van der Waals surface area contributed by atoms with Crippen LogP contribution in [0.25, 0.3) is 0 Å². The lowest BCUT2D eigenvalue weighted by Crippen LogP contribution is -2.25. The van der Waals surface area contributed by atoms with E-state index in [1.807, 2.05) is 0 Å². The second-order valence-electron chi connectivity index (χ2n) is 4.78. The molecule has 1 unspecified atom stereocenters. The zero-order chi connectivity index (χ0) is 13.7. The Labute approximate surface area is 129 Å². The SMILES string of the molecule is Clc1ccc(Cl)c(CNCCC2CCCCO2)c1Cl. The second-order valence-corrected chi connectivity index (χ2v) is 5.97. The molecule has 0 aromatic heterocycles. The van der Waals surface area contributed by atoms with Gasteiger partial charge in [0.25, 0.3) is 0 Å². The van der Waals surface area contributed by atoms with E-state index < -0.39 is 0 Å². The summed E-state index contributed by atoms with van der Waals surface area (Å²) in [4.78, 5) is 0. The molecule has 1 aromatic rings. The van der Waals surface area contributed by atoms with Gasteiger partial charge in [0.1, 0.15) is 0 Å². The van der Waals surface area contributed by atoms with Crippen LogP contribution in [-0.2, 0) is 11.3 Å². The monoisotopic (exact) mass is 321 g/mol. The average molecular weight is 323 g/mol. The minimum absolute atomic E-state index is 0.395. The number of hydrogen-bond acceptors (Lipinski definition) is 2. The van der Waals surface area contributed by atoms with E-state index >= 15 is 0 Å². The van der Waals surface area contributed by atoms with E-state index in [2.05, 4.69) is 5.32 Å². The molecule has 1 aliphatic rings. The molecule has 1 N–H and O–H groups in total. The zero-order valence-corrected chi connectivity index (χ0v) is 13.0. The first kappa shape index (κ1) is 15.4. The molecular weight excluding hydrogens is 305 g/mol. The Bertz CT molecular complexity index is 419. The van der Waals surface area contributed by atoms with Crippen molar-refractivity contribution in [3.05, 3.63) is 32.8 Å². The van der Waals surface area contributed by atoms with Crippen molar-refractivity contribution in [2.45, 2.75) is 38.3 Å². The van der Waals surface area contributed by atoms with Gasteiger partial charge in [-0.15, -0.1) is 0 Å². The van der Waals surface area contributed by atoms with Crippen LogP contribution >= 0.6 is 34.8 Å². The van der Waals surface area contributed by atoms with Gasteiger partial charge in [-0.1, -0.05) is 34.8 Å². The topological polar surface area (TPSA) is 21.3 Å². The summed E-state index contributed by atoms with van der Waals surface area (Å²) in [6.45, 7) is 2.42. The van der Waals surface area contributed by atoms with E-state index in [9.17, 15) is 0 Å². The fourth-order valence-electron chi connectivity index (χ4n) is 2.24. The van der Waals surface area contributed by atoms with E-state index in [0.29, 0.717) is 27.7 Å². The number of halogens is 3. The first-order chi connectivity index (χ1) is 9.18. The van der Waals surface area contributed by atoms with Crippen molar-refractivity contribution in [1.82, 2.24) is 5.32 Å². The molecule has 5 heteroatoms. The van der Waals surface area contributed by atoms with Gasteiger partial charge in [-0.3, -0.25) is 0 Å². The van der Waals surface area contributed by atoms with E-state index in [-0.39, 0.29) is 0 Å². The van der Waals surface area contributed by atoms with Crippen LogP contribution in [0.5, 0.6) is 0 Å². The van der Waals surface area contributed by atoms with Crippen LogP contribution in [-0.4, -0.2) is 19.3 Å². The third kappa shape index (κ3) is 4.51. The fraction of sp³-hybridized carbons (Fsp3) is 0.571. The van der Waals surface area contributed by atoms with E-state index in [0.717, 1.165) is 25.1 Å². The molecule has 1 saturated heterocycles. The van der Waals surface area contributed by atoms with Crippen molar-refractivity contribution in [1.29, 1.82) is 0 Å². The molecular formula is C14H18Cl3NO. The molecule has 1 aliphatic heterocycles. The van der Waals surface area contributed by atoms with Gasteiger partial charge in [0.15, 0.2) is 0 Å². The Morgan fingerprint density at radius 1 is 1.16 bits per heavy atom. The third-order valence-electron chi connectivity index (χ3n) is 3.36. The maximum atomic E-state index is 6.15. The lowest BCUT2D eigenvalue weighted by atomic mass is 10.1. The van der Waals surface area contributed by atoms with Gasteiger partial charge in [-0.05, 0) is 44.4 Å². The molecule has 0 saturated carbocycles. The summed E-state index contributed by atoms with van der Waals surface area (Å²) in [5.41, 5.74) is 0.861. The van der Waals surface area contributed by atoms with Gasteiger partial charge in [-0.25, -0.2) is 0 Å². The van der Waals surface area contributed by atoms with Crippen LogP contribution < -0.4 is 5.32 Å². The second kappa shape index (κ2) is 7.70. The Morgan fingerprint density at radius 2 is 1.95 bits per heavy atom. The molecule has 19 heavy (non-hydrogen) atoms. The molecule has 1 heterocycles. The number of ether oxygens (including phenoxy) is 1. The van der Waals surface area contributed by atoms with Crippen molar-refractivity contribution in [3.63, 3.8) is 0 Å². The molecule has 0 spiro atoms. The normalized spacial score (nSPS) is 19.6. The Morgan fingerprint density at radius 3 is 2.68 bits per heavy atom. The minimum atomic E-state index is 0.395. The highest BCUT2D eigenvalue weighted by Crippen LogP contribution is 2.31. The molecule has 1 fully saturated rings. The quantitative estimate of drug-likeness (QED) is 0.627. The van der Waals surface area contributed by atoms with Crippen LogP contribution in [0.15, 0.2) is 12.1 Å². The Balaban J connectivity index is 1.77. The van der Waals surface area contributed by atoms with Crippen molar-refractivity contribution in [2.75, 3.05) is 13.2 Å². The van der Waals surface area contributed by atoms with Crippen LogP contribution in [0.2, 0.25) is 15.1 Å². The molecule has 0 aliphatic carbocycles. The van der Waals surface area contributed by atoms with Gasteiger partial charge < -0.3 is 10.1 Å². The van der Waals surface area contributed by atoms with Crippen molar-refractivity contribution >= 4 is 34.8 Å². The van der Waals surface area contributed by atoms with E-state index in [4.69, 9.17) is 39.5 Å². The highest BCUT2D eigenvalue weighted by Gasteiger charge is 2.13. The molecule has 2 nitrogen and oxygen atoms in total. The first-order valence-electron chi connectivity index (χ1n) is 6.63. The van der Waals surface area contributed by atoms with Crippen molar-refractivity contribution in [3.8, 4) is 0 Å². The van der Waals surface area contributed by atoms with Crippen LogP contribution in [0.3, 0.4) is 0 Å². The predicted octanol–water partition coefficient (Wildman–Crippen LogP) is 4.70. The first-order valence-corrected chi connectivity index (χ1v) is 7.76. The number of hydrogen-bond donors (Lipinski definition) is 1. The molecule has 2 rings (SSSR count). The summed E-state index contributed by atoms with van der Waals surface area (Å²) in [6.07, 6.45) is 5.05. The smallest absolute Gasteiger partial charge is 0.0652 e. The van der Waals surface area contributed by atoms with Crippen LogP contribution in [0.4, 0.5) is 0 Å². The number of nitrogens with one attached hydrogen (secondary N) is 1. The summed E-state index contributed by atoms with van der Waals surface area (Å²) in [7, 11) is 0. The Kier molecular flexibility index (Phi) is 6.24. The predicted molar refractivity (Wildman–Crippen MR) is 81.4 cm³/mol. The van der Waals surface area contributed by atoms with Gasteiger partial charge in [0.2, 0.25) is 0 Å². The van der Waals surface area contributed by atoms with Gasteiger partial charge >= 0.3 is 0 Å². The minimum Gasteiger partial charge on any atom is -0.378 e. The number of benzene rings is 1. The zero-order valence-electron chi connectivity index (χ0n) is 10.7. The summed E-state index contributed by atoms with van der Waals surface area (Å²) in [5, 5.41) is 5.08. The highest BCUT2D eigenvalue weighted by atomic mass is 35.5. The largest absolute Gasteiger partial charge is 0.378 e. The molecule has 1 aromatic carbocycles. The van der Waals surface area contributed by atoms with Gasteiger partial charge in [-0.2, -0.15) is 0 Å². The third-order valence-corrected chi connectivity index (χ3v) is 4.56. The van der Waals surface area contributed by atoms with Gasteiger partial charge in [0, 0.05) is 23.7 Å². The molecule has 0 radical (unpaired) electrons.